The normalized spacial score (nSPS) is 32.0. The van der Waals surface area contributed by atoms with Gasteiger partial charge in [-0.15, -0.1) is 0 Å². The van der Waals surface area contributed by atoms with Crippen LogP contribution in [0.2, 0.25) is 0 Å². The smallest absolute Gasteiger partial charge is 0.357 e. The molecule has 1 aliphatic heterocycles. The zero-order valence-corrected chi connectivity index (χ0v) is 13.1. The minimum Gasteiger partial charge on any atom is -0.406 e. The number of aliphatic hydroxyl groups is 4. The minimum atomic E-state index is -2.60. The molecule has 0 aliphatic carbocycles. The van der Waals surface area contributed by atoms with Crippen LogP contribution in [0.1, 0.15) is 58.3 Å². The lowest BCUT2D eigenvalue weighted by Crippen LogP contribution is -2.62. The van der Waals surface area contributed by atoms with E-state index in [-0.39, 0.29) is 6.42 Å². The summed E-state index contributed by atoms with van der Waals surface area (Å²) < 4.78 is 9.48. The first-order chi connectivity index (χ1) is 10.4. The molecule has 0 amide bonds. The third kappa shape index (κ3) is 5.81. The van der Waals surface area contributed by atoms with Gasteiger partial charge in [-0.25, -0.2) is 0 Å². The largest absolute Gasteiger partial charge is 0.406 e. The molecule has 0 spiro atoms. The second-order valence-corrected chi connectivity index (χ2v) is 5.79. The van der Waals surface area contributed by atoms with Crippen molar-refractivity contribution in [2.75, 3.05) is 6.61 Å². The van der Waals surface area contributed by atoms with Crippen LogP contribution in [-0.4, -0.2) is 57.3 Å². The van der Waals surface area contributed by atoms with E-state index in [2.05, 4.69) is 6.92 Å². The summed E-state index contributed by atoms with van der Waals surface area (Å²) in [6.07, 6.45) is 2.53. The Kier molecular flexibility index (Phi) is 8.27. The van der Waals surface area contributed by atoms with Gasteiger partial charge in [-0.2, -0.15) is 0 Å². The Morgan fingerprint density at radius 3 is 2.36 bits per heavy atom. The summed E-state index contributed by atoms with van der Waals surface area (Å²) in [5, 5.41) is 38.3. The number of aliphatic hydroxyl groups excluding tert-OH is 3. The summed E-state index contributed by atoms with van der Waals surface area (Å²) in [6.45, 7) is 1.72. The van der Waals surface area contributed by atoms with Gasteiger partial charge in [0, 0.05) is 6.42 Å². The van der Waals surface area contributed by atoms with Crippen LogP contribution in [0, 0.1) is 0 Å². The molecule has 130 valence electrons. The Balaban J connectivity index is 2.23. The first kappa shape index (κ1) is 19.3. The van der Waals surface area contributed by atoms with Crippen molar-refractivity contribution >= 4 is 5.97 Å². The number of hydrogen-bond acceptors (Lipinski definition) is 7. The highest BCUT2D eigenvalue weighted by Gasteiger charge is 2.51. The topological polar surface area (TPSA) is 116 Å². The zero-order valence-electron chi connectivity index (χ0n) is 13.1. The Hall–Kier alpha value is -0.730. The van der Waals surface area contributed by atoms with Gasteiger partial charge in [0.2, 0.25) is 0 Å². The summed E-state index contributed by atoms with van der Waals surface area (Å²) in [5.74, 6) is -3.31. The predicted octanol–water partition coefficient (Wildman–Crippen LogP) is 0.429. The fourth-order valence-corrected chi connectivity index (χ4v) is 2.35. The van der Waals surface area contributed by atoms with E-state index in [4.69, 9.17) is 9.47 Å². The van der Waals surface area contributed by atoms with E-state index in [1.807, 2.05) is 0 Å². The Morgan fingerprint density at radius 1 is 1.14 bits per heavy atom. The van der Waals surface area contributed by atoms with Gasteiger partial charge in [0.1, 0.15) is 12.2 Å². The molecule has 1 fully saturated rings. The number of unbranched alkanes of at least 4 members (excludes halogenated alkanes) is 6. The standard InChI is InChI=1S/C15H28O7/c1-2-3-4-5-6-7-8-9-12(17)22-15(20)14(19)13(18)11(16)10-21-15/h11,13-14,16,18-20H,2-10H2,1H3/t11-,13+,14-,15-/m1/s1. The van der Waals surface area contributed by atoms with Crippen molar-refractivity contribution in [2.24, 2.45) is 0 Å². The number of carbonyl (C=O) groups excluding carboxylic acids is 1. The number of esters is 1. The molecule has 0 radical (unpaired) electrons. The molecule has 1 heterocycles. The highest BCUT2D eigenvalue weighted by Crippen LogP contribution is 2.25. The van der Waals surface area contributed by atoms with Crippen molar-refractivity contribution in [2.45, 2.75) is 82.6 Å². The molecule has 1 rings (SSSR count). The fraction of sp³-hybridized carbons (Fsp3) is 0.933. The van der Waals surface area contributed by atoms with Crippen LogP contribution in [0.3, 0.4) is 0 Å². The molecule has 1 saturated heterocycles. The van der Waals surface area contributed by atoms with E-state index < -0.39 is 36.9 Å². The third-order valence-corrected chi connectivity index (χ3v) is 3.80. The molecule has 1 aliphatic rings. The maximum Gasteiger partial charge on any atom is 0.357 e. The van der Waals surface area contributed by atoms with Gasteiger partial charge in [0.15, 0.2) is 6.10 Å². The molecule has 4 atom stereocenters. The minimum absolute atomic E-state index is 0.102. The molecule has 0 bridgehead atoms. The van der Waals surface area contributed by atoms with Gasteiger partial charge in [-0.1, -0.05) is 45.4 Å². The van der Waals surface area contributed by atoms with E-state index in [0.29, 0.717) is 6.42 Å². The van der Waals surface area contributed by atoms with Crippen LogP contribution in [0.4, 0.5) is 0 Å². The number of rotatable bonds is 9. The maximum atomic E-state index is 11.7. The Morgan fingerprint density at radius 2 is 1.73 bits per heavy atom. The van der Waals surface area contributed by atoms with Crippen LogP contribution in [0.15, 0.2) is 0 Å². The SMILES string of the molecule is CCCCCCCCCC(=O)O[C@]1(O)OC[C@@H](O)[C@H](O)[C@H]1O. The van der Waals surface area contributed by atoms with Crippen molar-refractivity contribution in [3.05, 3.63) is 0 Å². The highest BCUT2D eigenvalue weighted by molar-refractivity contribution is 5.69. The second kappa shape index (κ2) is 9.42. The van der Waals surface area contributed by atoms with Crippen LogP contribution in [-0.2, 0) is 14.3 Å². The number of carbonyl (C=O) groups is 1. The van der Waals surface area contributed by atoms with Crippen LogP contribution in [0.25, 0.3) is 0 Å². The van der Waals surface area contributed by atoms with Gasteiger partial charge in [0.05, 0.1) is 6.61 Å². The summed E-state index contributed by atoms with van der Waals surface area (Å²) in [5.41, 5.74) is 0. The zero-order chi connectivity index (χ0) is 16.6. The lowest BCUT2D eigenvalue weighted by Gasteiger charge is -2.39. The molecule has 22 heavy (non-hydrogen) atoms. The molecule has 7 nitrogen and oxygen atoms in total. The Bertz CT molecular complexity index is 336. The van der Waals surface area contributed by atoms with Gasteiger partial charge in [-0.05, 0) is 6.42 Å². The molecule has 0 saturated carbocycles. The maximum absolute atomic E-state index is 11.7. The fourth-order valence-electron chi connectivity index (χ4n) is 2.35. The molecule has 0 aromatic carbocycles. The summed E-state index contributed by atoms with van der Waals surface area (Å²) in [4.78, 5) is 11.7. The Labute approximate surface area is 130 Å². The van der Waals surface area contributed by atoms with E-state index in [1.165, 1.54) is 19.3 Å². The highest BCUT2D eigenvalue weighted by atomic mass is 16.8. The van der Waals surface area contributed by atoms with Gasteiger partial charge < -0.3 is 29.9 Å². The lowest BCUT2D eigenvalue weighted by molar-refractivity contribution is -0.415. The second-order valence-electron chi connectivity index (χ2n) is 5.79. The van der Waals surface area contributed by atoms with E-state index in [0.717, 1.165) is 19.3 Å². The molecule has 4 N–H and O–H groups in total. The molecule has 0 aromatic rings. The van der Waals surface area contributed by atoms with Crippen molar-refractivity contribution in [3.8, 4) is 0 Å². The van der Waals surface area contributed by atoms with Crippen molar-refractivity contribution in [3.63, 3.8) is 0 Å². The lowest BCUT2D eigenvalue weighted by atomic mass is 10.0. The van der Waals surface area contributed by atoms with Crippen LogP contribution in [0.5, 0.6) is 0 Å². The first-order valence-electron chi connectivity index (χ1n) is 8.03. The van der Waals surface area contributed by atoms with E-state index >= 15 is 0 Å². The van der Waals surface area contributed by atoms with Crippen molar-refractivity contribution < 1.29 is 34.7 Å². The van der Waals surface area contributed by atoms with Gasteiger partial charge >= 0.3 is 11.9 Å². The summed E-state index contributed by atoms with van der Waals surface area (Å²) >= 11 is 0. The molecular formula is C15H28O7. The number of ether oxygens (including phenoxy) is 2. The first-order valence-corrected chi connectivity index (χ1v) is 8.03. The van der Waals surface area contributed by atoms with E-state index in [1.54, 1.807) is 0 Å². The van der Waals surface area contributed by atoms with Crippen molar-refractivity contribution in [1.29, 1.82) is 0 Å². The molecular weight excluding hydrogens is 292 g/mol. The van der Waals surface area contributed by atoms with Crippen molar-refractivity contribution in [1.82, 2.24) is 0 Å². The summed E-state index contributed by atoms with van der Waals surface area (Å²) in [7, 11) is 0. The third-order valence-electron chi connectivity index (χ3n) is 3.80. The van der Waals surface area contributed by atoms with Crippen LogP contribution >= 0.6 is 0 Å². The predicted molar refractivity (Wildman–Crippen MR) is 77.6 cm³/mol. The van der Waals surface area contributed by atoms with Gasteiger partial charge in [0.25, 0.3) is 0 Å². The average molecular weight is 320 g/mol. The molecule has 0 aromatic heterocycles. The molecule has 7 heteroatoms. The van der Waals surface area contributed by atoms with E-state index in [9.17, 15) is 25.2 Å². The average Bonchev–Trinajstić information content (AvgIpc) is 2.49. The monoisotopic (exact) mass is 320 g/mol. The quantitative estimate of drug-likeness (QED) is 0.276. The molecule has 0 unspecified atom stereocenters. The van der Waals surface area contributed by atoms with Gasteiger partial charge in [-0.3, -0.25) is 4.79 Å². The summed E-state index contributed by atoms with van der Waals surface area (Å²) in [6, 6.07) is 0. The number of hydrogen-bond donors (Lipinski definition) is 4. The van der Waals surface area contributed by atoms with Crippen LogP contribution < -0.4 is 0 Å².